The summed E-state index contributed by atoms with van der Waals surface area (Å²) >= 11 is 0. The van der Waals surface area contributed by atoms with Crippen LogP contribution in [0.4, 0.5) is 0 Å². The lowest BCUT2D eigenvalue weighted by molar-refractivity contribution is -0.155. The molecule has 9 heteroatoms. The molecule has 0 aliphatic carbocycles. The molecule has 0 aromatic carbocycles. The Morgan fingerprint density at radius 1 is 0.960 bits per heavy atom. The number of methoxy groups -OCH3 is 1. The Hall–Kier alpha value is -1.00. The van der Waals surface area contributed by atoms with Gasteiger partial charge in [0.05, 0.1) is 19.6 Å². The summed E-state index contributed by atoms with van der Waals surface area (Å²) in [7, 11) is -0.723. The molecule has 0 heterocycles. The van der Waals surface area contributed by atoms with Gasteiger partial charge in [-0.05, 0) is 40.7 Å². The molecule has 0 saturated heterocycles. The molecule has 0 fully saturated rings. The molecule has 148 valence electrons. The molecule has 0 rings (SSSR count). The van der Waals surface area contributed by atoms with Crippen molar-refractivity contribution < 1.29 is 32.7 Å². The van der Waals surface area contributed by atoms with E-state index in [4.69, 9.17) is 23.1 Å². The van der Waals surface area contributed by atoms with Crippen molar-refractivity contribution in [2.75, 3.05) is 46.7 Å². The van der Waals surface area contributed by atoms with Crippen LogP contribution in [0.15, 0.2) is 0 Å². The maximum atomic E-state index is 12.5. The first-order valence-electron chi connectivity index (χ1n) is 8.85. The van der Waals surface area contributed by atoms with Crippen molar-refractivity contribution in [3.05, 3.63) is 0 Å². The van der Waals surface area contributed by atoms with Crippen LogP contribution < -0.4 is 0 Å². The first-order valence-corrected chi connectivity index (χ1v) is 10.3. The third kappa shape index (κ3) is 9.90. The van der Waals surface area contributed by atoms with Gasteiger partial charge in [-0.25, -0.2) is 0 Å². The molecule has 0 amide bonds. The molecule has 0 aliphatic heterocycles. The summed E-state index contributed by atoms with van der Waals surface area (Å²) in [5.74, 6) is -0.914. The van der Waals surface area contributed by atoms with Gasteiger partial charge < -0.3 is 23.1 Å². The SMILES string of the molecule is CCOC(=O)CC(C(=O)OCC)N(CCCOC)[SiH](OCC)OCC. The average Bonchev–Trinajstić information content (AvgIpc) is 2.57. The Labute approximate surface area is 152 Å². The van der Waals surface area contributed by atoms with Crippen LogP contribution in [0.5, 0.6) is 0 Å². The van der Waals surface area contributed by atoms with Crippen LogP contribution in [0, 0.1) is 0 Å². The van der Waals surface area contributed by atoms with Gasteiger partial charge >= 0.3 is 21.4 Å². The maximum Gasteiger partial charge on any atom is 0.411 e. The quantitative estimate of drug-likeness (QED) is 0.237. The molecule has 0 saturated carbocycles. The number of ether oxygens (including phenoxy) is 3. The van der Waals surface area contributed by atoms with E-state index >= 15 is 0 Å². The van der Waals surface area contributed by atoms with Crippen LogP contribution in [-0.4, -0.2) is 78.7 Å². The van der Waals surface area contributed by atoms with Crippen LogP contribution >= 0.6 is 0 Å². The van der Waals surface area contributed by atoms with Gasteiger partial charge in [0, 0.05) is 26.9 Å². The molecule has 0 aliphatic rings. The summed E-state index contributed by atoms with van der Waals surface area (Å²) in [5.41, 5.74) is 0. The third-order valence-electron chi connectivity index (χ3n) is 3.28. The van der Waals surface area contributed by atoms with E-state index < -0.39 is 27.4 Å². The lowest BCUT2D eigenvalue weighted by atomic mass is 10.2. The molecule has 0 aromatic rings. The Morgan fingerprint density at radius 2 is 1.56 bits per heavy atom. The average molecular weight is 380 g/mol. The number of nitrogens with zero attached hydrogens (tertiary/aromatic N) is 1. The highest BCUT2D eigenvalue weighted by atomic mass is 28.3. The second-order valence-electron chi connectivity index (χ2n) is 5.08. The van der Waals surface area contributed by atoms with Gasteiger partial charge in [-0.3, -0.25) is 14.2 Å². The monoisotopic (exact) mass is 379 g/mol. The first kappa shape index (κ1) is 24.0. The highest BCUT2D eigenvalue weighted by Crippen LogP contribution is 2.14. The van der Waals surface area contributed by atoms with Crippen molar-refractivity contribution in [1.82, 2.24) is 4.57 Å². The second-order valence-corrected chi connectivity index (χ2v) is 7.02. The Balaban J connectivity index is 5.41. The van der Waals surface area contributed by atoms with E-state index in [9.17, 15) is 9.59 Å². The molecule has 1 atom stereocenters. The predicted octanol–water partition coefficient (Wildman–Crippen LogP) is 1.00. The number of carbonyl (C=O) groups is 2. The van der Waals surface area contributed by atoms with Crippen LogP contribution in [0.3, 0.4) is 0 Å². The van der Waals surface area contributed by atoms with Crippen molar-refractivity contribution in [3.8, 4) is 0 Å². The van der Waals surface area contributed by atoms with Gasteiger partial charge in [0.2, 0.25) is 0 Å². The summed E-state index contributed by atoms with van der Waals surface area (Å²) < 4.78 is 28.6. The normalized spacial score (nSPS) is 12.4. The molecule has 0 radical (unpaired) electrons. The van der Waals surface area contributed by atoms with E-state index in [1.54, 1.807) is 21.0 Å². The minimum Gasteiger partial charge on any atom is -0.466 e. The van der Waals surface area contributed by atoms with Crippen LogP contribution in [0.25, 0.3) is 0 Å². The maximum absolute atomic E-state index is 12.5. The molecule has 8 nitrogen and oxygen atoms in total. The molecular weight excluding hydrogens is 346 g/mol. The fraction of sp³-hybridized carbons (Fsp3) is 0.875. The lowest BCUT2D eigenvalue weighted by Crippen LogP contribution is -2.55. The van der Waals surface area contributed by atoms with Gasteiger partial charge in [-0.15, -0.1) is 0 Å². The fourth-order valence-corrected chi connectivity index (χ4v) is 4.24. The summed E-state index contributed by atoms with van der Waals surface area (Å²) in [6.45, 7) is 9.67. The predicted molar refractivity (Wildman–Crippen MR) is 95.3 cm³/mol. The Bertz CT molecular complexity index is 364. The highest BCUT2D eigenvalue weighted by Gasteiger charge is 2.37. The molecule has 0 N–H and O–H groups in total. The number of hydrogen-bond donors (Lipinski definition) is 0. The summed E-state index contributed by atoms with van der Waals surface area (Å²) in [6, 6.07) is -0.786. The largest absolute Gasteiger partial charge is 0.466 e. The van der Waals surface area contributed by atoms with Crippen LogP contribution in [0.2, 0.25) is 0 Å². The minimum atomic E-state index is -2.34. The highest BCUT2D eigenvalue weighted by molar-refractivity contribution is 6.41. The van der Waals surface area contributed by atoms with Gasteiger partial charge in [-0.1, -0.05) is 0 Å². The van der Waals surface area contributed by atoms with Gasteiger partial charge in [0.1, 0.15) is 6.04 Å². The standard InChI is InChI=1S/C16H33NO7Si/c1-6-21-15(18)13-14(16(19)22-7-2)17(11-10-12-20-5)25(23-8-3)24-9-4/h14,25H,6-13H2,1-5H3. The number of carbonyl (C=O) groups excluding carboxylic acids is 2. The van der Waals surface area contributed by atoms with Crippen molar-refractivity contribution in [2.24, 2.45) is 0 Å². The zero-order valence-electron chi connectivity index (χ0n) is 16.1. The van der Waals surface area contributed by atoms with Gasteiger partial charge in [-0.2, -0.15) is 0 Å². The molecule has 0 aromatic heterocycles. The van der Waals surface area contributed by atoms with E-state index in [1.165, 1.54) is 0 Å². The Morgan fingerprint density at radius 3 is 2.04 bits per heavy atom. The number of esters is 2. The second kappa shape index (κ2) is 15.3. The van der Waals surface area contributed by atoms with E-state index in [2.05, 4.69) is 0 Å². The molecule has 1 unspecified atom stereocenters. The minimum absolute atomic E-state index is 0.0939. The third-order valence-corrected chi connectivity index (χ3v) is 5.68. The lowest BCUT2D eigenvalue weighted by Gasteiger charge is -2.34. The number of rotatable bonds is 15. The fourth-order valence-electron chi connectivity index (χ4n) is 2.28. The van der Waals surface area contributed by atoms with E-state index in [0.29, 0.717) is 32.8 Å². The topological polar surface area (TPSA) is 83.5 Å². The molecule has 0 spiro atoms. The smallest absolute Gasteiger partial charge is 0.411 e. The summed E-state index contributed by atoms with van der Waals surface area (Å²) in [5, 5.41) is 0. The molecule has 25 heavy (non-hydrogen) atoms. The van der Waals surface area contributed by atoms with E-state index in [-0.39, 0.29) is 19.6 Å². The van der Waals surface area contributed by atoms with Crippen molar-refractivity contribution in [3.63, 3.8) is 0 Å². The van der Waals surface area contributed by atoms with Crippen molar-refractivity contribution in [1.29, 1.82) is 0 Å². The van der Waals surface area contributed by atoms with Crippen molar-refractivity contribution >= 4 is 21.4 Å². The zero-order chi connectivity index (χ0) is 19.1. The summed E-state index contributed by atoms with van der Waals surface area (Å²) in [6.07, 6.45) is 0.585. The van der Waals surface area contributed by atoms with Gasteiger partial charge in [0.15, 0.2) is 0 Å². The van der Waals surface area contributed by atoms with E-state index in [0.717, 1.165) is 0 Å². The van der Waals surface area contributed by atoms with Crippen molar-refractivity contribution in [2.45, 2.75) is 46.6 Å². The zero-order valence-corrected chi connectivity index (χ0v) is 17.3. The summed E-state index contributed by atoms with van der Waals surface area (Å²) in [4.78, 5) is 24.5. The Kier molecular flexibility index (Phi) is 14.7. The first-order chi connectivity index (χ1) is 12.0. The van der Waals surface area contributed by atoms with E-state index in [1.807, 2.05) is 18.4 Å². The molecular formula is C16H33NO7Si. The van der Waals surface area contributed by atoms with Crippen LogP contribution in [0.1, 0.15) is 40.5 Å². The molecule has 0 bridgehead atoms. The van der Waals surface area contributed by atoms with Gasteiger partial charge in [0.25, 0.3) is 0 Å². The van der Waals surface area contributed by atoms with Crippen LogP contribution in [-0.2, 0) is 32.7 Å². The number of hydrogen-bond acceptors (Lipinski definition) is 8.